The molecule has 2 heterocycles. The van der Waals surface area contributed by atoms with Gasteiger partial charge in [-0.3, -0.25) is 19.1 Å². The van der Waals surface area contributed by atoms with Crippen molar-refractivity contribution in [1.82, 2.24) is 20.3 Å². The molecule has 1 aromatic carbocycles. The van der Waals surface area contributed by atoms with Crippen molar-refractivity contribution < 1.29 is 46.3 Å². The molecular formula is C34H46FN5O9S. The molecule has 4 aliphatic rings. The molecule has 0 radical (unpaired) electrons. The van der Waals surface area contributed by atoms with E-state index in [1.165, 1.54) is 29.2 Å². The van der Waals surface area contributed by atoms with Crippen molar-refractivity contribution in [3.63, 3.8) is 0 Å². The number of rotatable bonds is 10. The van der Waals surface area contributed by atoms with Gasteiger partial charge in [0.1, 0.15) is 40.9 Å². The van der Waals surface area contributed by atoms with Crippen LogP contribution in [-0.2, 0) is 34.0 Å². The van der Waals surface area contributed by atoms with E-state index >= 15 is 0 Å². The van der Waals surface area contributed by atoms with Gasteiger partial charge in [-0.1, -0.05) is 32.0 Å². The van der Waals surface area contributed by atoms with Gasteiger partial charge in [0.15, 0.2) is 0 Å². The topological polar surface area (TPSA) is 182 Å². The Labute approximate surface area is 291 Å². The maximum atomic E-state index is 14.3. The molecule has 5 rings (SSSR count). The van der Waals surface area contributed by atoms with Crippen molar-refractivity contribution in [2.24, 2.45) is 16.5 Å². The summed E-state index contributed by atoms with van der Waals surface area (Å²) in [6, 6.07) is 1.71. The second-order valence-electron chi connectivity index (χ2n) is 15.4. The third-order valence-electron chi connectivity index (χ3n) is 9.03. The highest BCUT2D eigenvalue weighted by atomic mass is 32.2. The number of carbonyl (C=O) groups excluding carboxylic acids is 4. The molecule has 2 saturated carbocycles. The minimum absolute atomic E-state index is 0.0546. The van der Waals surface area contributed by atoms with Crippen LogP contribution in [0.15, 0.2) is 36.0 Å². The van der Waals surface area contributed by atoms with Gasteiger partial charge in [-0.15, -0.1) is 6.58 Å². The monoisotopic (exact) mass is 719 g/mol. The minimum Gasteiger partial charge on any atom is -0.492 e. The number of alkyl carbamates (subject to hydrolysis) is 1. The number of hydrogen-bond acceptors (Lipinski definition) is 10. The fourth-order valence-electron chi connectivity index (χ4n) is 6.10. The molecule has 14 nitrogen and oxygen atoms in total. The average molecular weight is 720 g/mol. The largest absolute Gasteiger partial charge is 0.492 e. The normalized spacial score (nSPS) is 26.2. The number of halogens is 1. The van der Waals surface area contributed by atoms with Gasteiger partial charge in [-0.2, -0.15) is 0 Å². The quantitative estimate of drug-likeness (QED) is 0.242. The summed E-state index contributed by atoms with van der Waals surface area (Å²) < 4.78 is 52.5. The minimum atomic E-state index is -3.91. The van der Waals surface area contributed by atoms with Crippen molar-refractivity contribution in [1.29, 1.82) is 0 Å². The first-order chi connectivity index (χ1) is 23.2. The number of likely N-dealkylation sites (tertiary alicyclic amines) is 1. The third kappa shape index (κ3) is 8.22. The van der Waals surface area contributed by atoms with Gasteiger partial charge in [-0.05, 0) is 63.6 Å². The van der Waals surface area contributed by atoms with E-state index in [4.69, 9.17) is 14.3 Å². The van der Waals surface area contributed by atoms with Crippen LogP contribution >= 0.6 is 0 Å². The summed E-state index contributed by atoms with van der Waals surface area (Å²) in [5, 5.41) is 9.01. The summed E-state index contributed by atoms with van der Waals surface area (Å²) in [5.41, 5.74) is -2.42. The summed E-state index contributed by atoms with van der Waals surface area (Å²) in [7, 11) is -3.91. The molecule has 16 heteroatoms. The summed E-state index contributed by atoms with van der Waals surface area (Å²) in [6.45, 7) is 14.2. The van der Waals surface area contributed by atoms with Gasteiger partial charge in [-0.25, -0.2) is 17.6 Å². The van der Waals surface area contributed by atoms with Crippen LogP contribution in [0.2, 0.25) is 0 Å². The van der Waals surface area contributed by atoms with E-state index in [1.54, 1.807) is 41.5 Å². The zero-order valence-electron chi connectivity index (χ0n) is 29.2. The Bertz CT molecular complexity index is 1700. The highest BCUT2D eigenvalue weighted by Gasteiger charge is 2.62. The maximum Gasteiger partial charge on any atom is 0.408 e. The lowest BCUT2D eigenvalue weighted by Crippen LogP contribution is -2.60. The van der Waals surface area contributed by atoms with Crippen LogP contribution in [-0.4, -0.2) is 90.6 Å². The predicted molar refractivity (Wildman–Crippen MR) is 180 cm³/mol. The first kappa shape index (κ1) is 37.1. The van der Waals surface area contributed by atoms with Gasteiger partial charge >= 0.3 is 6.09 Å². The average Bonchev–Trinajstić information content (AvgIpc) is 3.93. The van der Waals surface area contributed by atoms with Crippen molar-refractivity contribution in [2.75, 3.05) is 13.2 Å². The van der Waals surface area contributed by atoms with Crippen molar-refractivity contribution in [3.05, 3.63) is 42.2 Å². The number of carbonyl (C=O) groups is 4. The molecule has 50 heavy (non-hydrogen) atoms. The lowest BCUT2D eigenvalue weighted by molar-refractivity contribution is -0.143. The van der Waals surface area contributed by atoms with Gasteiger partial charge < -0.3 is 29.8 Å². The molecule has 274 valence electrons. The molecule has 1 saturated heterocycles. The van der Waals surface area contributed by atoms with Crippen LogP contribution in [0.3, 0.4) is 0 Å². The number of oxime groups is 1. The van der Waals surface area contributed by atoms with Crippen LogP contribution < -0.4 is 20.1 Å². The van der Waals surface area contributed by atoms with Crippen molar-refractivity contribution in [2.45, 2.75) is 108 Å². The number of ether oxygens (including phenoxy) is 2. The highest BCUT2D eigenvalue weighted by molar-refractivity contribution is 7.91. The Kier molecular flexibility index (Phi) is 10.00. The number of benzene rings is 1. The van der Waals surface area contributed by atoms with Gasteiger partial charge in [0, 0.05) is 24.3 Å². The molecule has 0 aromatic heterocycles. The summed E-state index contributed by atoms with van der Waals surface area (Å²) in [6.07, 6.45) is 1.10. The second kappa shape index (κ2) is 13.5. The zero-order chi connectivity index (χ0) is 36.8. The number of amides is 4. The summed E-state index contributed by atoms with van der Waals surface area (Å²) in [4.78, 5) is 61.8. The first-order valence-electron chi connectivity index (χ1n) is 16.7. The van der Waals surface area contributed by atoms with E-state index in [-0.39, 0.29) is 26.0 Å². The first-order valence-corrected chi connectivity index (χ1v) is 18.2. The molecule has 0 unspecified atom stereocenters. The molecule has 0 bridgehead atoms. The van der Waals surface area contributed by atoms with E-state index < -0.39 is 85.6 Å². The van der Waals surface area contributed by atoms with Gasteiger partial charge in [0.2, 0.25) is 21.8 Å². The lowest BCUT2D eigenvalue weighted by Gasteiger charge is -2.36. The Morgan fingerprint density at radius 1 is 1.16 bits per heavy atom. The molecule has 5 atom stereocenters. The highest BCUT2D eigenvalue weighted by Crippen LogP contribution is 2.45. The smallest absolute Gasteiger partial charge is 0.408 e. The van der Waals surface area contributed by atoms with E-state index in [2.05, 4.69) is 27.1 Å². The molecule has 2 aliphatic carbocycles. The van der Waals surface area contributed by atoms with Crippen LogP contribution in [0.4, 0.5) is 9.18 Å². The fourth-order valence-corrected chi connectivity index (χ4v) is 7.47. The number of sulfonamides is 1. The molecule has 4 amide bonds. The molecular weight excluding hydrogens is 673 g/mol. The van der Waals surface area contributed by atoms with E-state index in [0.29, 0.717) is 36.3 Å². The van der Waals surface area contributed by atoms with Crippen molar-refractivity contribution >= 4 is 39.5 Å². The number of hydrogen-bond donors (Lipinski definition) is 3. The number of nitrogens with one attached hydrogen (secondary N) is 3. The van der Waals surface area contributed by atoms with Gasteiger partial charge in [0.05, 0.1) is 24.1 Å². The maximum absolute atomic E-state index is 14.3. The lowest BCUT2D eigenvalue weighted by atomic mass is 9.85. The van der Waals surface area contributed by atoms with Gasteiger partial charge in [0.25, 0.3) is 5.91 Å². The predicted octanol–water partition coefficient (Wildman–Crippen LogP) is 2.91. The number of nitrogens with zero attached hydrogens (tertiary/aromatic N) is 2. The second-order valence-corrected chi connectivity index (χ2v) is 17.3. The summed E-state index contributed by atoms with van der Waals surface area (Å²) in [5.74, 6) is -2.79. The Hall–Kier alpha value is -4.21. The van der Waals surface area contributed by atoms with E-state index in [9.17, 15) is 32.0 Å². The molecule has 0 spiro atoms. The molecule has 3 N–H and O–H groups in total. The summed E-state index contributed by atoms with van der Waals surface area (Å²) >= 11 is 0. The van der Waals surface area contributed by atoms with Crippen molar-refractivity contribution in [3.8, 4) is 5.75 Å². The molecule has 1 aromatic rings. The Morgan fingerprint density at radius 2 is 1.86 bits per heavy atom. The van der Waals surface area contributed by atoms with E-state index in [0.717, 1.165) is 0 Å². The van der Waals surface area contributed by atoms with Crippen LogP contribution in [0.25, 0.3) is 0 Å². The SMILES string of the molecule is C=C[C@@H]1C[C@@]1(NC(=O)[C@@H]1C[C@@H](O/N=C2\CCOc3ccc(F)cc32)CN1C(=O)[C@@H](NC(=O)OC(C)(C)C)C(C)(C)C)C(=O)NS(=O)(=O)C1CC1. The molecule has 3 fully saturated rings. The van der Waals surface area contributed by atoms with Crippen LogP contribution in [0.1, 0.15) is 79.2 Å². The Balaban J connectivity index is 1.41. The standard InChI is InChI=1S/C34H46FN5O9S/c1-8-19-17-34(19,30(43)39-50(45,46)22-10-11-22)37-28(41)25-16-21(49-38-24-13-14-47-26-12-9-20(35)15-23(24)26)18-40(25)29(42)27(32(2,3)4)36-31(44)48-33(5,6)7/h8-9,12,15,19,21-22,25,27H,1,10-11,13-14,16-18H2,2-7H3,(H,36,44)(H,37,41)(H,39,43)/b38-24+/t19-,21-,25+,27-,34+/m1/s1. The fraction of sp³-hybridized carbons (Fsp3) is 0.618. The van der Waals surface area contributed by atoms with Crippen LogP contribution in [0.5, 0.6) is 5.75 Å². The van der Waals surface area contributed by atoms with Crippen LogP contribution in [0, 0.1) is 17.2 Å². The Morgan fingerprint density at radius 3 is 2.46 bits per heavy atom. The zero-order valence-corrected chi connectivity index (χ0v) is 30.0. The third-order valence-corrected chi connectivity index (χ3v) is 10.9. The molecule has 2 aliphatic heterocycles. The van der Waals surface area contributed by atoms with E-state index in [1.807, 2.05) is 0 Å². The number of fused-ring (bicyclic) bond motifs is 1.